The summed E-state index contributed by atoms with van der Waals surface area (Å²) in [4.78, 5) is 37.6. The highest BCUT2D eigenvalue weighted by Crippen LogP contribution is 2.36. The normalized spacial score (nSPS) is 17.4. The minimum atomic E-state index is -4.65. The molecule has 3 aromatic heterocycles. The number of aromatic nitrogens is 3. The number of ether oxygens (including phenoxy) is 1. The van der Waals surface area contributed by atoms with Gasteiger partial charge in [-0.05, 0) is 63.3 Å². The van der Waals surface area contributed by atoms with Crippen molar-refractivity contribution in [2.24, 2.45) is 0 Å². The van der Waals surface area contributed by atoms with Gasteiger partial charge in [0, 0.05) is 58.0 Å². The van der Waals surface area contributed by atoms with Crippen molar-refractivity contribution < 1.29 is 31.1 Å². The van der Waals surface area contributed by atoms with E-state index in [1.165, 1.54) is 22.1 Å². The molecule has 0 saturated carbocycles. The summed E-state index contributed by atoms with van der Waals surface area (Å²) in [7, 11) is -3.78. The van der Waals surface area contributed by atoms with E-state index in [1.807, 2.05) is 4.72 Å². The third-order valence-corrected chi connectivity index (χ3v) is 10.5. The molecule has 1 fully saturated rings. The smallest absolute Gasteiger partial charge is 0.300 e. The van der Waals surface area contributed by atoms with Crippen molar-refractivity contribution in [2.75, 3.05) is 19.3 Å². The number of nitrogens with zero attached hydrogens (tertiary/aromatic N) is 4. The number of alkyl halides is 3. The lowest BCUT2D eigenvalue weighted by atomic mass is 9.90. The molecule has 1 saturated heterocycles. The number of hydrogen-bond acceptors (Lipinski definition) is 9. The summed E-state index contributed by atoms with van der Waals surface area (Å²) in [6, 6.07) is 6.99. The summed E-state index contributed by atoms with van der Waals surface area (Å²) in [6.45, 7) is 2.76. The summed E-state index contributed by atoms with van der Waals surface area (Å²) in [6.07, 6.45) is -0.691. The Balaban J connectivity index is 1.23. The molecule has 258 valence electrons. The molecule has 6 rings (SSSR count). The van der Waals surface area contributed by atoms with E-state index in [0.717, 1.165) is 18.4 Å². The van der Waals surface area contributed by atoms with Gasteiger partial charge >= 0.3 is 6.36 Å². The number of nitrogens with one attached hydrogen (secondary N) is 1. The molecule has 0 radical (unpaired) electrons. The number of hydrogen-bond donors (Lipinski definition) is 1. The van der Waals surface area contributed by atoms with Crippen LogP contribution in [0.5, 0.6) is 0 Å². The molecule has 4 aromatic rings. The minimum absolute atomic E-state index is 0.0279. The van der Waals surface area contributed by atoms with Gasteiger partial charge in [-0.3, -0.25) is 28.8 Å². The average molecular weight is 734 g/mol. The van der Waals surface area contributed by atoms with E-state index < -0.39 is 28.4 Å². The number of thiophene rings is 1. The quantitative estimate of drug-likeness (QED) is 0.273. The summed E-state index contributed by atoms with van der Waals surface area (Å²) in [5.74, 6) is 6.01. The zero-order valence-electron chi connectivity index (χ0n) is 26.4. The van der Waals surface area contributed by atoms with Gasteiger partial charge in [-0.2, -0.15) is 0 Å². The molecule has 2 aliphatic rings. The first kappa shape index (κ1) is 35.0. The number of fused-ring (bicyclic) bond motifs is 2. The van der Waals surface area contributed by atoms with Crippen molar-refractivity contribution in [1.29, 1.82) is 0 Å². The van der Waals surface area contributed by atoms with Crippen molar-refractivity contribution in [2.45, 2.75) is 64.1 Å². The number of halogens is 4. The zero-order valence-corrected chi connectivity index (χ0v) is 28.8. The fourth-order valence-corrected chi connectivity index (χ4v) is 8.10. The number of rotatable bonds is 6. The second-order valence-corrected chi connectivity index (χ2v) is 15.1. The van der Waals surface area contributed by atoms with Crippen LogP contribution >= 0.6 is 22.9 Å². The Labute approximate surface area is 289 Å². The fourth-order valence-electron chi connectivity index (χ4n) is 6.45. The maximum atomic E-state index is 13.7. The van der Waals surface area contributed by atoms with E-state index >= 15 is 0 Å². The second-order valence-electron chi connectivity index (χ2n) is 12.1. The molecule has 16 heteroatoms. The van der Waals surface area contributed by atoms with Gasteiger partial charge in [0.1, 0.15) is 5.82 Å². The van der Waals surface area contributed by atoms with Crippen LogP contribution in [0, 0.1) is 18.8 Å². The number of carbonyl (C=O) groups excluding carboxylic acids is 1. The van der Waals surface area contributed by atoms with E-state index in [4.69, 9.17) is 16.6 Å². The molecule has 1 atom stereocenters. The standard InChI is InChI=1S/C33H31ClF3N5O5S2/c1-19-39-28-8-7-22(41-14-10-23(11-15-41)47-33(35,36)37)17-26(28)32(44)42(19)13-3-4-20-5-6-21(34)16-25(20)24-9-12-38-29-27(18-48-30(24)29)31(43)40-49(2,45)46/h5-6,9,12,16,18,22-23H,7-8,10-11,13-15,17H2,1-2H3,(H,40,43)/t22-/m1/s1. The maximum Gasteiger partial charge on any atom is 0.522 e. The molecule has 1 amide bonds. The average Bonchev–Trinajstić information content (AvgIpc) is 3.47. The first-order valence-electron chi connectivity index (χ1n) is 15.4. The number of carbonyl (C=O) groups is 1. The van der Waals surface area contributed by atoms with Gasteiger partial charge in [-0.15, -0.1) is 24.5 Å². The molecule has 1 N–H and O–H groups in total. The molecule has 1 aliphatic carbocycles. The topological polar surface area (TPSA) is 123 Å². The van der Waals surface area contributed by atoms with Crippen LogP contribution in [-0.2, 0) is 34.1 Å². The van der Waals surface area contributed by atoms with Crippen LogP contribution in [0.2, 0.25) is 5.02 Å². The monoisotopic (exact) mass is 733 g/mol. The van der Waals surface area contributed by atoms with Gasteiger partial charge < -0.3 is 0 Å². The lowest BCUT2D eigenvalue weighted by Gasteiger charge is -2.39. The van der Waals surface area contributed by atoms with E-state index in [-0.39, 0.29) is 36.6 Å². The van der Waals surface area contributed by atoms with Gasteiger partial charge in [0.15, 0.2) is 0 Å². The first-order valence-corrected chi connectivity index (χ1v) is 18.6. The molecule has 0 bridgehead atoms. The van der Waals surface area contributed by atoms with Crippen LogP contribution in [0.1, 0.15) is 52.3 Å². The number of pyridine rings is 1. The van der Waals surface area contributed by atoms with E-state index in [9.17, 15) is 31.2 Å². The first-order chi connectivity index (χ1) is 23.2. The van der Waals surface area contributed by atoms with Gasteiger partial charge in [-0.1, -0.05) is 23.4 Å². The third kappa shape index (κ3) is 7.99. The van der Waals surface area contributed by atoms with Crippen molar-refractivity contribution >= 4 is 49.1 Å². The molecule has 0 spiro atoms. The van der Waals surface area contributed by atoms with E-state index in [0.29, 0.717) is 69.2 Å². The summed E-state index contributed by atoms with van der Waals surface area (Å²) < 4.78 is 69.7. The largest absolute Gasteiger partial charge is 0.522 e. The Kier molecular flexibility index (Phi) is 9.89. The summed E-state index contributed by atoms with van der Waals surface area (Å²) in [5.41, 5.74) is 3.62. The maximum absolute atomic E-state index is 13.7. The minimum Gasteiger partial charge on any atom is -0.300 e. The number of piperidine rings is 1. The SMILES string of the molecule is Cc1nc2c(c(=O)n1CC#Cc1ccc(Cl)cc1-c1ccnc3c(C(=O)NS(C)(=O)=O)csc13)C[C@H](N1CCC(OC(F)(F)F)CC1)CC2. The Bertz CT molecular complexity index is 2170. The van der Waals surface area contributed by atoms with Gasteiger partial charge in [0.25, 0.3) is 11.5 Å². The van der Waals surface area contributed by atoms with Crippen LogP contribution in [0.25, 0.3) is 21.3 Å². The molecular formula is C33H31ClF3N5O5S2. The second kappa shape index (κ2) is 13.8. The van der Waals surface area contributed by atoms with Gasteiger partial charge in [0.2, 0.25) is 10.0 Å². The Morgan fingerprint density at radius 1 is 1.18 bits per heavy atom. The van der Waals surface area contributed by atoms with Crippen molar-refractivity contribution in [3.8, 4) is 23.0 Å². The highest BCUT2D eigenvalue weighted by molar-refractivity contribution is 7.89. The number of likely N-dealkylation sites (tertiary alicyclic amines) is 1. The number of aryl methyl sites for hydroxylation is 2. The van der Waals surface area contributed by atoms with Crippen molar-refractivity contribution in [1.82, 2.24) is 24.2 Å². The van der Waals surface area contributed by atoms with Gasteiger partial charge in [0.05, 0.1) is 40.4 Å². The Morgan fingerprint density at radius 2 is 1.94 bits per heavy atom. The van der Waals surface area contributed by atoms with Crippen LogP contribution in [0.3, 0.4) is 0 Å². The molecule has 0 unspecified atom stereocenters. The van der Waals surface area contributed by atoms with Crippen molar-refractivity contribution in [3.63, 3.8) is 0 Å². The summed E-state index contributed by atoms with van der Waals surface area (Å²) in [5, 5.41) is 2.00. The Morgan fingerprint density at radius 3 is 2.65 bits per heavy atom. The number of benzene rings is 1. The van der Waals surface area contributed by atoms with Crippen LogP contribution in [-0.4, -0.2) is 71.6 Å². The number of sulfonamides is 1. The third-order valence-electron chi connectivity index (χ3n) is 8.70. The molecule has 1 aliphatic heterocycles. The van der Waals surface area contributed by atoms with Crippen LogP contribution in [0.15, 0.2) is 40.6 Å². The van der Waals surface area contributed by atoms with E-state index in [2.05, 4.69) is 26.5 Å². The van der Waals surface area contributed by atoms with Crippen LogP contribution < -0.4 is 10.3 Å². The zero-order chi connectivity index (χ0) is 35.1. The predicted octanol–water partition coefficient (Wildman–Crippen LogP) is 5.08. The van der Waals surface area contributed by atoms with Gasteiger partial charge in [-0.25, -0.2) is 18.1 Å². The molecule has 1 aromatic carbocycles. The molecule has 4 heterocycles. The van der Waals surface area contributed by atoms with Crippen molar-refractivity contribution in [3.05, 3.63) is 79.4 Å². The molecule has 49 heavy (non-hydrogen) atoms. The lowest BCUT2D eigenvalue weighted by molar-refractivity contribution is -0.346. The molecular weight excluding hydrogens is 703 g/mol. The predicted molar refractivity (Wildman–Crippen MR) is 180 cm³/mol. The lowest BCUT2D eigenvalue weighted by Crippen LogP contribution is -2.47. The number of amides is 1. The van der Waals surface area contributed by atoms with E-state index in [1.54, 1.807) is 36.6 Å². The Hall–Kier alpha value is -3.81. The molecule has 10 nitrogen and oxygen atoms in total. The highest BCUT2D eigenvalue weighted by atomic mass is 35.5. The van der Waals surface area contributed by atoms with Crippen LogP contribution in [0.4, 0.5) is 13.2 Å². The fraction of sp³-hybridized carbons (Fsp3) is 0.394. The summed E-state index contributed by atoms with van der Waals surface area (Å²) >= 11 is 7.62. The highest BCUT2D eigenvalue weighted by Gasteiger charge is 2.37.